The summed E-state index contributed by atoms with van der Waals surface area (Å²) in [5, 5.41) is 3.15. The van der Waals surface area contributed by atoms with Gasteiger partial charge in [-0.2, -0.15) is 0 Å². The zero-order valence-electron chi connectivity index (χ0n) is 11.5. The predicted octanol–water partition coefficient (Wildman–Crippen LogP) is 2.73. The number of nitrogens with one attached hydrogen (secondary N) is 1. The molecule has 1 aliphatic rings. The SMILES string of the molecule is FC(F)(F)Oc1ccccc1OCCNCC1CCCO1. The lowest BCUT2D eigenvalue weighted by atomic mass is 10.2. The van der Waals surface area contributed by atoms with Crippen LogP contribution in [-0.2, 0) is 4.74 Å². The van der Waals surface area contributed by atoms with Gasteiger partial charge < -0.3 is 19.5 Å². The molecule has 1 N–H and O–H groups in total. The molecule has 0 aliphatic carbocycles. The van der Waals surface area contributed by atoms with Crippen molar-refractivity contribution in [2.45, 2.75) is 25.3 Å². The largest absolute Gasteiger partial charge is 0.573 e. The van der Waals surface area contributed by atoms with Gasteiger partial charge in [-0.3, -0.25) is 0 Å². The van der Waals surface area contributed by atoms with E-state index in [0.29, 0.717) is 6.54 Å². The van der Waals surface area contributed by atoms with Crippen molar-refractivity contribution < 1.29 is 27.4 Å². The maximum atomic E-state index is 12.2. The first-order valence-electron chi connectivity index (χ1n) is 6.84. The first-order valence-corrected chi connectivity index (χ1v) is 6.84. The fraction of sp³-hybridized carbons (Fsp3) is 0.571. The Hall–Kier alpha value is -1.47. The Balaban J connectivity index is 1.72. The lowest BCUT2D eigenvalue weighted by molar-refractivity contribution is -0.275. The molecule has 1 heterocycles. The molecule has 1 unspecified atom stereocenters. The van der Waals surface area contributed by atoms with Gasteiger partial charge in [0.15, 0.2) is 11.5 Å². The molecule has 0 radical (unpaired) electrons. The van der Waals surface area contributed by atoms with Gasteiger partial charge in [0.2, 0.25) is 0 Å². The van der Waals surface area contributed by atoms with E-state index in [1.807, 2.05) is 0 Å². The van der Waals surface area contributed by atoms with E-state index in [-0.39, 0.29) is 24.2 Å². The van der Waals surface area contributed by atoms with E-state index in [9.17, 15) is 13.2 Å². The number of rotatable bonds is 7. The van der Waals surface area contributed by atoms with E-state index < -0.39 is 6.36 Å². The molecule has 1 saturated heterocycles. The van der Waals surface area contributed by atoms with E-state index >= 15 is 0 Å². The highest BCUT2D eigenvalue weighted by atomic mass is 19.4. The minimum absolute atomic E-state index is 0.0775. The lowest BCUT2D eigenvalue weighted by Gasteiger charge is -2.14. The highest BCUT2D eigenvalue weighted by Gasteiger charge is 2.32. The number of hydrogen-bond donors (Lipinski definition) is 1. The molecule has 0 saturated carbocycles. The molecule has 21 heavy (non-hydrogen) atoms. The Morgan fingerprint density at radius 3 is 2.67 bits per heavy atom. The number of halogens is 3. The molecule has 1 atom stereocenters. The zero-order chi connectivity index (χ0) is 15.1. The molecule has 1 fully saturated rings. The minimum atomic E-state index is -4.72. The van der Waals surface area contributed by atoms with Crippen molar-refractivity contribution in [3.8, 4) is 11.5 Å². The van der Waals surface area contributed by atoms with Crippen molar-refractivity contribution in [3.63, 3.8) is 0 Å². The van der Waals surface area contributed by atoms with Gasteiger partial charge >= 0.3 is 6.36 Å². The Kier molecular flexibility index (Phi) is 5.69. The van der Waals surface area contributed by atoms with Gasteiger partial charge in [0.05, 0.1) is 6.10 Å². The van der Waals surface area contributed by atoms with Crippen LogP contribution in [0.25, 0.3) is 0 Å². The van der Waals surface area contributed by atoms with Crippen LogP contribution in [0.4, 0.5) is 13.2 Å². The summed E-state index contributed by atoms with van der Waals surface area (Å²) in [4.78, 5) is 0. The third-order valence-corrected chi connectivity index (χ3v) is 3.01. The van der Waals surface area contributed by atoms with Crippen LogP contribution in [-0.4, -0.2) is 38.8 Å². The van der Waals surface area contributed by atoms with Crippen LogP contribution in [0.5, 0.6) is 11.5 Å². The Labute approximate surface area is 121 Å². The fourth-order valence-electron chi connectivity index (χ4n) is 2.08. The normalized spacial score (nSPS) is 18.7. The summed E-state index contributed by atoms with van der Waals surface area (Å²) < 4.78 is 51.4. The quantitative estimate of drug-likeness (QED) is 0.786. The van der Waals surface area contributed by atoms with Crippen molar-refractivity contribution >= 4 is 0 Å². The van der Waals surface area contributed by atoms with E-state index in [1.165, 1.54) is 18.2 Å². The molecule has 0 amide bonds. The molecule has 1 aromatic rings. The number of ether oxygens (including phenoxy) is 3. The second-order valence-corrected chi connectivity index (χ2v) is 4.68. The average molecular weight is 305 g/mol. The maximum absolute atomic E-state index is 12.2. The molecular weight excluding hydrogens is 287 g/mol. The molecule has 1 aliphatic heterocycles. The van der Waals surface area contributed by atoms with Crippen LogP contribution in [0.15, 0.2) is 24.3 Å². The standard InChI is InChI=1S/C14H18F3NO3/c15-14(16,17)21-13-6-2-1-5-12(13)20-9-7-18-10-11-4-3-8-19-11/h1-2,5-6,11,18H,3-4,7-10H2. The third-order valence-electron chi connectivity index (χ3n) is 3.01. The van der Waals surface area contributed by atoms with Crippen LogP contribution in [0, 0.1) is 0 Å². The summed E-state index contributed by atoms with van der Waals surface area (Å²) >= 11 is 0. The summed E-state index contributed by atoms with van der Waals surface area (Å²) in [6.07, 6.45) is -2.38. The molecule has 1 aromatic carbocycles. The molecule has 0 aromatic heterocycles. The van der Waals surface area contributed by atoms with E-state index in [2.05, 4.69) is 10.1 Å². The summed E-state index contributed by atoms with van der Waals surface area (Å²) in [5.74, 6) is -0.252. The van der Waals surface area contributed by atoms with Gasteiger partial charge in [0.25, 0.3) is 0 Å². The van der Waals surface area contributed by atoms with Crippen molar-refractivity contribution in [3.05, 3.63) is 24.3 Å². The van der Waals surface area contributed by atoms with Crippen LogP contribution in [0.3, 0.4) is 0 Å². The zero-order valence-corrected chi connectivity index (χ0v) is 11.5. The fourth-order valence-corrected chi connectivity index (χ4v) is 2.08. The van der Waals surface area contributed by atoms with Crippen molar-refractivity contribution in [2.24, 2.45) is 0 Å². The molecule has 118 valence electrons. The first kappa shape index (κ1) is 15.9. The van der Waals surface area contributed by atoms with Crippen LogP contribution < -0.4 is 14.8 Å². The number of para-hydroxylation sites is 2. The number of alkyl halides is 3. The third kappa shape index (κ3) is 5.81. The van der Waals surface area contributed by atoms with Crippen LogP contribution in [0.1, 0.15) is 12.8 Å². The average Bonchev–Trinajstić information content (AvgIpc) is 2.91. The Morgan fingerprint density at radius 1 is 1.24 bits per heavy atom. The Bertz CT molecular complexity index is 434. The summed E-state index contributed by atoms with van der Waals surface area (Å²) in [6, 6.07) is 5.73. The monoisotopic (exact) mass is 305 g/mol. The summed E-state index contributed by atoms with van der Waals surface area (Å²) in [5.41, 5.74) is 0. The Morgan fingerprint density at radius 2 is 2.00 bits per heavy atom. The van der Waals surface area contributed by atoms with Crippen LogP contribution >= 0.6 is 0 Å². The smallest absolute Gasteiger partial charge is 0.488 e. The van der Waals surface area contributed by atoms with Gasteiger partial charge in [0.1, 0.15) is 6.61 Å². The molecule has 7 heteroatoms. The van der Waals surface area contributed by atoms with Gasteiger partial charge in [-0.15, -0.1) is 13.2 Å². The predicted molar refractivity (Wildman–Crippen MR) is 70.5 cm³/mol. The molecule has 0 bridgehead atoms. The molecule has 2 rings (SSSR count). The van der Waals surface area contributed by atoms with Crippen molar-refractivity contribution in [2.75, 3.05) is 26.3 Å². The minimum Gasteiger partial charge on any atom is -0.488 e. The maximum Gasteiger partial charge on any atom is 0.573 e. The van der Waals surface area contributed by atoms with Gasteiger partial charge in [0, 0.05) is 19.7 Å². The van der Waals surface area contributed by atoms with E-state index in [4.69, 9.17) is 9.47 Å². The number of benzene rings is 1. The summed E-state index contributed by atoms with van der Waals surface area (Å²) in [6.45, 7) is 2.31. The number of hydrogen-bond acceptors (Lipinski definition) is 4. The van der Waals surface area contributed by atoms with Gasteiger partial charge in [-0.1, -0.05) is 12.1 Å². The van der Waals surface area contributed by atoms with Gasteiger partial charge in [-0.25, -0.2) is 0 Å². The van der Waals surface area contributed by atoms with E-state index in [0.717, 1.165) is 26.0 Å². The topological polar surface area (TPSA) is 39.7 Å². The van der Waals surface area contributed by atoms with Crippen LogP contribution in [0.2, 0.25) is 0 Å². The lowest BCUT2D eigenvalue weighted by Crippen LogP contribution is -2.29. The summed E-state index contributed by atoms with van der Waals surface area (Å²) in [7, 11) is 0. The first-order chi connectivity index (χ1) is 10.0. The van der Waals surface area contributed by atoms with Gasteiger partial charge in [-0.05, 0) is 25.0 Å². The van der Waals surface area contributed by atoms with Crippen molar-refractivity contribution in [1.29, 1.82) is 0 Å². The van der Waals surface area contributed by atoms with Crippen molar-refractivity contribution in [1.82, 2.24) is 5.32 Å². The molecular formula is C14H18F3NO3. The molecule has 0 spiro atoms. The second-order valence-electron chi connectivity index (χ2n) is 4.68. The highest BCUT2D eigenvalue weighted by molar-refractivity contribution is 5.39. The van der Waals surface area contributed by atoms with E-state index in [1.54, 1.807) is 6.07 Å². The molecule has 4 nitrogen and oxygen atoms in total. The second kappa shape index (κ2) is 7.51. The highest BCUT2D eigenvalue weighted by Crippen LogP contribution is 2.31.